The number of carboxylic acids is 1. The summed E-state index contributed by atoms with van der Waals surface area (Å²) in [5.41, 5.74) is 0.489. The van der Waals surface area contributed by atoms with E-state index in [1.54, 1.807) is 23.1 Å². The number of likely N-dealkylation sites (tertiary alicyclic amines) is 1. The first-order valence-corrected chi connectivity index (χ1v) is 7.98. The minimum Gasteiger partial charge on any atom is -0.490 e. The lowest BCUT2D eigenvalue weighted by atomic mass is 10.1. The largest absolute Gasteiger partial charge is 0.490 e. The van der Waals surface area contributed by atoms with Crippen molar-refractivity contribution in [1.82, 2.24) is 4.90 Å². The Morgan fingerprint density at radius 3 is 2.65 bits per heavy atom. The van der Waals surface area contributed by atoms with Crippen LogP contribution in [0.4, 0.5) is 0 Å². The monoisotopic (exact) mass is 321 g/mol. The highest BCUT2D eigenvalue weighted by Gasteiger charge is 2.31. The number of rotatable bonds is 7. The minimum absolute atomic E-state index is 0.170. The zero-order valence-corrected chi connectivity index (χ0v) is 13.6. The third-order valence-corrected chi connectivity index (χ3v) is 3.78. The smallest absolute Gasteiger partial charge is 0.308 e. The summed E-state index contributed by atoms with van der Waals surface area (Å²) in [6.07, 6.45) is 1.38. The molecule has 1 aliphatic rings. The standard InChI is InChI=1S/C17H23NO5/c1-3-9-23-14-6-5-12(10-15(14)22-4-2)16(19)18-8-7-13(11-18)17(20)21/h5-6,10,13H,3-4,7-9,11H2,1-2H3,(H,20,21)/t13-/m1/s1. The van der Waals surface area contributed by atoms with Gasteiger partial charge in [0.15, 0.2) is 11.5 Å². The molecule has 0 spiro atoms. The second-order valence-electron chi connectivity index (χ2n) is 5.52. The molecule has 1 aliphatic heterocycles. The molecule has 0 unspecified atom stereocenters. The summed E-state index contributed by atoms with van der Waals surface area (Å²) in [7, 11) is 0. The van der Waals surface area contributed by atoms with E-state index in [1.807, 2.05) is 13.8 Å². The van der Waals surface area contributed by atoms with Crippen LogP contribution in [0.1, 0.15) is 37.0 Å². The molecule has 126 valence electrons. The Morgan fingerprint density at radius 2 is 2.04 bits per heavy atom. The van der Waals surface area contributed by atoms with E-state index in [4.69, 9.17) is 14.6 Å². The lowest BCUT2D eigenvalue weighted by Crippen LogP contribution is -2.29. The molecule has 0 radical (unpaired) electrons. The summed E-state index contributed by atoms with van der Waals surface area (Å²) in [4.78, 5) is 25.1. The van der Waals surface area contributed by atoms with Crippen molar-refractivity contribution in [3.63, 3.8) is 0 Å². The van der Waals surface area contributed by atoms with Crippen LogP contribution in [-0.2, 0) is 4.79 Å². The molecule has 2 rings (SSSR count). The number of nitrogens with zero attached hydrogens (tertiary/aromatic N) is 1. The molecular weight excluding hydrogens is 298 g/mol. The zero-order valence-electron chi connectivity index (χ0n) is 13.6. The molecule has 23 heavy (non-hydrogen) atoms. The molecule has 0 aromatic heterocycles. The van der Waals surface area contributed by atoms with Crippen molar-refractivity contribution in [2.45, 2.75) is 26.7 Å². The fourth-order valence-electron chi connectivity index (χ4n) is 2.57. The highest BCUT2D eigenvalue weighted by atomic mass is 16.5. The molecule has 0 bridgehead atoms. The van der Waals surface area contributed by atoms with Gasteiger partial charge in [0.05, 0.1) is 19.1 Å². The number of amides is 1. The molecule has 1 atom stereocenters. The molecule has 1 N–H and O–H groups in total. The Bertz CT molecular complexity index is 572. The van der Waals surface area contributed by atoms with Gasteiger partial charge in [0, 0.05) is 18.7 Å². The number of carboxylic acid groups (broad SMARTS) is 1. The third-order valence-electron chi connectivity index (χ3n) is 3.78. The van der Waals surface area contributed by atoms with Crippen molar-refractivity contribution >= 4 is 11.9 Å². The van der Waals surface area contributed by atoms with E-state index in [0.717, 1.165) is 6.42 Å². The predicted molar refractivity (Wildman–Crippen MR) is 85.0 cm³/mol. The second-order valence-corrected chi connectivity index (χ2v) is 5.52. The number of carbonyl (C=O) groups excluding carboxylic acids is 1. The van der Waals surface area contributed by atoms with Gasteiger partial charge in [-0.3, -0.25) is 9.59 Å². The van der Waals surface area contributed by atoms with Gasteiger partial charge in [-0.2, -0.15) is 0 Å². The van der Waals surface area contributed by atoms with Gasteiger partial charge in [0.25, 0.3) is 5.91 Å². The van der Waals surface area contributed by atoms with Crippen LogP contribution >= 0.6 is 0 Å². The lowest BCUT2D eigenvalue weighted by Gasteiger charge is -2.17. The molecule has 1 saturated heterocycles. The maximum absolute atomic E-state index is 12.5. The van der Waals surface area contributed by atoms with Crippen LogP contribution in [0.3, 0.4) is 0 Å². The molecule has 0 saturated carbocycles. The Kier molecular flexibility index (Phi) is 5.84. The summed E-state index contributed by atoms with van der Waals surface area (Å²) >= 11 is 0. The number of hydrogen-bond acceptors (Lipinski definition) is 4. The number of hydrogen-bond donors (Lipinski definition) is 1. The Morgan fingerprint density at radius 1 is 1.26 bits per heavy atom. The molecule has 1 aromatic carbocycles. The molecular formula is C17H23NO5. The summed E-state index contributed by atoms with van der Waals surface area (Å²) in [5.74, 6) is -0.330. The average molecular weight is 321 g/mol. The van der Waals surface area contributed by atoms with Gasteiger partial charge in [-0.05, 0) is 38.0 Å². The van der Waals surface area contributed by atoms with Crippen molar-refractivity contribution in [3.05, 3.63) is 23.8 Å². The molecule has 6 nitrogen and oxygen atoms in total. The summed E-state index contributed by atoms with van der Waals surface area (Å²) in [5, 5.41) is 9.04. The normalized spacial score (nSPS) is 17.1. The predicted octanol–water partition coefficient (Wildman–Crippen LogP) is 2.42. The van der Waals surface area contributed by atoms with Gasteiger partial charge >= 0.3 is 5.97 Å². The first kappa shape index (κ1) is 17.1. The Balaban J connectivity index is 2.14. The number of carbonyl (C=O) groups is 2. The maximum atomic E-state index is 12.5. The van der Waals surface area contributed by atoms with Gasteiger partial charge < -0.3 is 19.5 Å². The quantitative estimate of drug-likeness (QED) is 0.834. The summed E-state index contributed by atoms with van der Waals surface area (Å²) < 4.78 is 11.2. The van der Waals surface area contributed by atoms with Gasteiger partial charge in [0.1, 0.15) is 0 Å². The van der Waals surface area contributed by atoms with Crippen LogP contribution in [0.25, 0.3) is 0 Å². The third kappa shape index (κ3) is 4.15. The topological polar surface area (TPSA) is 76.1 Å². The van der Waals surface area contributed by atoms with Crippen LogP contribution in [0.15, 0.2) is 18.2 Å². The fraction of sp³-hybridized carbons (Fsp3) is 0.529. The van der Waals surface area contributed by atoms with Gasteiger partial charge in [-0.25, -0.2) is 0 Å². The second kappa shape index (κ2) is 7.85. The van der Waals surface area contributed by atoms with E-state index in [1.165, 1.54) is 0 Å². The van der Waals surface area contributed by atoms with E-state index in [9.17, 15) is 9.59 Å². The van der Waals surface area contributed by atoms with E-state index in [2.05, 4.69) is 0 Å². The van der Waals surface area contributed by atoms with E-state index < -0.39 is 11.9 Å². The van der Waals surface area contributed by atoms with Crippen LogP contribution in [0.5, 0.6) is 11.5 Å². The van der Waals surface area contributed by atoms with Crippen molar-refractivity contribution in [2.24, 2.45) is 5.92 Å². The van der Waals surface area contributed by atoms with E-state index >= 15 is 0 Å². The van der Waals surface area contributed by atoms with Crippen molar-refractivity contribution in [3.8, 4) is 11.5 Å². The van der Waals surface area contributed by atoms with Crippen molar-refractivity contribution in [1.29, 1.82) is 0 Å². The lowest BCUT2D eigenvalue weighted by molar-refractivity contribution is -0.141. The first-order valence-electron chi connectivity index (χ1n) is 7.98. The van der Waals surface area contributed by atoms with Gasteiger partial charge in [-0.15, -0.1) is 0 Å². The van der Waals surface area contributed by atoms with Crippen molar-refractivity contribution < 1.29 is 24.2 Å². The number of benzene rings is 1. The highest BCUT2D eigenvalue weighted by Crippen LogP contribution is 2.30. The number of aliphatic carboxylic acids is 1. The average Bonchev–Trinajstić information content (AvgIpc) is 3.03. The SMILES string of the molecule is CCCOc1ccc(C(=O)N2CC[C@@H](C(=O)O)C2)cc1OCC. The molecule has 6 heteroatoms. The Labute approximate surface area is 136 Å². The first-order chi connectivity index (χ1) is 11.1. The zero-order chi connectivity index (χ0) is 16.8. The molecule has 1 heterocycles. The van der Waals surface area contributed by atoms with Crippen LogP contribution in [-0.4, -0.2) is 48.2 Å². The van der Waals surface area contributed by atoms with Gasteiger partial charge in [0.2, 0.25) is 0 Å². The van der Waals surface area contributed by atoms with Crippen LogP contribution in [0.2, 0.25) is 0 Å². The van der Waals surface area contributed by atoms with E-state index in [0.29, 0.717) is 43.2 Å². The minimum atomic E-state index is -0.849. The molecule has 1 fully saturated rings. The molecule has 1 amide bonds. The Hall–Kier alpha value is -2.24. The summed E-state index contributed by atoms with van der Waals surface area (Å²) in [6.45, 7) is 5.67. The molecule has 1 aromatic rings. The molecule has 0 aliphatic carbocycles. The maximum Gasteiger partial charge on any atom is 0.308 e. The van der Waals surface area contributed by atoms with Gasteiger partial charge in [-0.1, -0.05) is 6.92 Å². The van der Waals surface area contributed by atoms with Crippen molar-refractivity contribution in [2.75, 3.05) is 26.3 Å². The van der Waals surface area contributed by atoms with Crippen LogP contribution in [0, 0.1) is 5.92 Å². The van der Waals surface area contributed by atoms with Crippen LogP contribution < -0.4 is 9.47 Å². The number of ether oxygens (including phenoxy) is 2. The fourth-order valence-corrected chi connectivity index (χ4v) is 2.57. The highest BCUT2D eigenvalue weighted by molar-refractivity contribution is 5.95. The van der Waals surface area contributed by atoms with E-state index in [-0.39, 0.29) is 12.5 Å². The summed E-state index contributed by atoms with van der Waals surface area (Å²) in [6, 6.07) is 5.10.